The molecule has 0 atom stereocenters. The highest BCUT2D eigenvalue weighted by atomic mass is 16.1. The van der Waals surface area contributed by atoms with Crippen LogP contribution in [0.3, 0.4) is 0 Å². The van der Waals surface area contributed by atoms with Crippen LogP contribution >= 0.6 is 0 Å². The standard InChI is InChI=1S/C13H18N2O/c1-9(2)15-13(16)6-10-3-4-11-7-14-8-12(11)5-10/h3-5,9,14H,6-8H2,1-2H3,(H,15,16). The van der Waals surface area contributed by atoms with Crippen molar-refractivity contribution in [3.63, 3.8) is 0 Å². The molecule has 0 aliphatic carbocycles. The fourth-order valence-corrected chi connectivity index (χ4v) is 2.02. The summed E-state index contributed by atoms with van der Waals surface area (Å²) in [4.78, 5) is 11.6. The molecule has 3 nitrogen and oxygen atoms in total. The minimum absolute atomic E-state index is 0.0981. The Morgan fingerprint density at radius 3 is 2.88 bits per heavy atom. The average Bonchev–Trinajstić information content (AvgIpc) is 2.63. The topological polar surface area (TPSA) is 41.1 Å². The number of carbonyl (C=O) groups is 1. The van der Waals surface area contributed by atoms with Crippen molar-refractivity contribution in [1.82, 2.24) is 10.6 Å². The highest BCUT2D eigenvalue weighted by Crippen LogP contribution is 2.17. The predicted octanol–water partition coefficient (Wildman–Crippen LogP) is 1.36. The third-order valence-electron chi connectivity index (χ3n) is 2.72. The molecule has 16 heavy (non-hydrogen) atoms. The number of hydrogen-bond acceptors (Lipinski definition) is 2. The van der Waals surface area contributed by atoms with Crippen LogP contribution in [-0.2, 0) is 24.3 Å². The molecule has 0 saturated heterocycles. The molecule has 0 bridgehead atoms. The highest BCUT2D eigenvalue weighted by molar-refractivity contribution is 5.78. The lowest BCUT2D eigenvalue weighted by atomic mass is 10.0. The molecule has 3 heteroatoms. The lowest BCUT2D eigenvalue weighted by Crippen LogP contribution is -2.31. The fourth-order valence-electron chi connectivity index (χ4n) is 2.02. The van der Waals surface area contributed by atoms with Gasteiger partial charge in [-0.2, -0.15) is 0 Å². The Kier molecular flexibility index (Phi) is 3.25. The molecule has 1 aliphatic heterocycles. The molecule has 0 radical (unpaired) electrons. The van der Waals surface area contributed by atoms with E-state index in [-0.39, 0.29) is 11.9 Å². The van der Waals surface area contributed by atoms with Gasteiger partial charge in [0.2, 0.25) is 5.91 Å². The summed E-state index contributed by atoms with van der Waals surface area (Å²) in [7, 11) is 0. The summed E-state index contributed by atoms with van der Waals surface area (Å²) in [6.07, 6.45) is 0.478. The van der Waals surface area contributed by atoms with E-state index >= 15 is 0 Å². The molecular formula is C13H18N2O. The van der Waals surface area contributed by atoms with Gasteiger partial charge in [-0.25, -0.2) is 0 Å². The molecule has 1 aliphatic rings. The Balaban J connectivity index is 2.02. The smallest absolute Gasteiger partial charge is 0.224 e. The molecule has 1 aromatic carbocycles. The van der Waals surface area contributed by atoms with E-state index in [0.29, 0.717) is 6.42 Å². The van der Waals surface area contributed by atoms with E-state index in [9.17, 15) is 4.79 Å². The molecule has 0 saturated carbocycles. The summed E-state index contributed by atoms with van der Waals surface area (Å²) in [5.74, 6) is 0.0981. The van der Waals surface area contributed by atoms with Crippen molar-refractivity contribution in [2.24, 2.45) is 0 Å². The van der Waals surface area contributed by atoms with Crippen molar-refractivity contribution in [2.75, 3.05) is 0 Å². The second-order valence-corrected chi connectivity index (χ2v) is 4.61. The van der Waals surface area contributed by atoms with Crippen molar-refractivity contribution in [2.45, 2.75) is 39.4 Å². The number of rotatable bonds is 3. The van der Waals surface area contributed by atoms with E-state index < -0.39 is 0 Å². The van der Waals surface area contributed by atoms with Crippen LogP contribution in [0.1, 0.15) is 30.5 Å². The first-order valence-electron chi connectivity index (χ1n) is 5.76. The molecule has 1 heterocycles. The Morgan fingerprint density at radius 2 is 2.12 bits per heavy atom. The number of carbonyl (C=O) groups excluding carboxylic acids is 1. The van der Waals surface area contributed by atoms with E-state index in [1.807, 2.05) is 19.9 Å². The zero-order valence-corrected chi connectivity index (χ0v) is 9.84. The Hall–Kier alpha value is -1.35. The maximum Gasteiger partial charge on any atom is 0.224 e. The molecular weight excluding hydrogens is 200 g/mol. The van der Waals surface area contributed by atoms with E-state index in [2.05, 4.69) is 22.8 Å². The van der Waals surface area contributed by atoms with E-state index in [1.54, 1.807) is 0 Å². The van der Waals surface area contributed by atoms with Crippen molar-refractivity contribution in [3.8, 4) is 0 Å². The van der Waals surface area contributed by atoms with Crippen LogP contribution in [0.5, 0.6) is 0 Å². The monoisotopic (exact) mass is 218 g/mol. The van der Waals surface area contributed by atoms with Gasteiger partial charge in [-0.1, -0.05) is 18.2 Å². The van der Waals surface area contributed by atoms with Gasteiger partial charge in [0.1, 0.15) is 0 Å². The average molecular weight is 218 g/mol. The van der Waals surface area contributed by atoms with Crippen LogP contribution in [0.4, 0.5) is 0 Å². The van der Waals surface area contributed by atoms with Gasteiger partial charge in [-0.3, -0.25) is 4.79 Å². The van der Waals surface area contributed by atoms with Gasteiger partial charge in [0, 0.05) is 19.1 Å². The minimum Gasteiger partial charge on any atom is -0.354 e. The van der Waals surface area contributed by atoms with Crippen LogP contribution in [0.2, 0.25) is 0 Å². The molecule has 2 N–H and O–H groups in total. The summed E-state index contributed by atoms with van der Waals surface area (Å²) in [6.45, 7) is 5.83. The summed E-state index contributed by atoms with van der Waals surface area (Å²) < 4.78 is 0. The third-order valence-corrected chi connectivity index (χ3v) is 2.72. The first kappa shape index (κ1) is 11.1. The van der Waals surface area contributed by atoms with Crippen molar-refractivity contribution in [1.29, 1.82) is 0 Å². The van der Waals surface area contributed by atoms with Crippen molar-refractivity contribution >= 4 is 5.91 Å². The van der Waals surface area contributed by atoms with E-state index in [4.69, 9.17) is 0 Å². The summed E-state index contributed by atoms with van der Waals surface area (Å²) in [5.41, 5.74) is 3.78. The normalized spacial score (nSPS) is 13.9. The van der Waals surface area contributed by atoms with Crippen LogP contribution < -0.4 is 10.6 Å². The summed E-state index contributed by atoms with van der Waals surface area (Å²) >= 11 is 0. The number of benzene rings is 1. The van der Waals surface area contributed by atoms with Crippen LogP contribution in [-0.4, -0.2) is 11.9 Å². The molecule has 1 amide bonds. The zero-order chi connectivity index (χ0) is 11.5. The maximum atomic E-state index is 11.6. The number of hydrogen-bond donors (Lipinski definition) is 2. The van der Waals surface area contributed by atoms with Gasteiger partial charge < -0.3 is 10.6 Å². The summed E-state index contributed by atoms with van der Waals surface area (Å²) in [5, 5.41) is 6.20. The quantitative estimate of drug-likeness (QED) is 0.804. The van der Waals surface area contributed by atoms with Crippen LogP contribution in [0.15, 0.2) is 18.2 Å². The maximum absolute atomic E-state index is 11.6. The van der Waals surface area contributed by atoms with Gasteiger partial charge >= 0.3 is 0 Å². The Labute approximate surface area is 96.2 Å². The second-order valence-electron chi connectivity index (χ2n) is 4.61. The SMILES string of the molecule is CC(C)NC(=O)Cc1ccc2c(c1)CNC2. The Bertz CT molecular complexity index is 399. The summed E-state index contributed by atoms with van der Waals surface area (Å²) in [6, 6.07) is 6.51. The van der Waals surface area contributed by atoms with Crippen molar-refractivity contribution < 1.29 is 4.79 Å². The fraction of sp³-hybridized carbons (Fsp3) is 0.462. The molecule has 86 valence electrons. The first-order valence-corrected chi connectivity index (χ1v) is 5.76. The van der Waals surface area contributed by atoms with Gasteiger partial charge in [-0.15, -0.1) is 0 Å². The molecule has 0 unspecified atom stereocenters. The van der Waals surface area contributed by atoms with Crippen LogP contribution in [0.25, 0.3) is 0 Å². The molecule has 2 rings (SSSR count). The Morgan fingerprint density at radius 1 is 1.38 bits per heavy atom. The molecule has 0 aromatic heterocycles. The van der Waals surface area contributed by atoms with Gasteiger partial charge in [0.05, 0.1) is 6.42 Å². The van der Waals surface area contributed by atoms with Gasteiger partial charge in [-0.05, 0) is 30.5 Å². The van der Waals surface area contributed by atoms with E-state index in [0.717, 1.165) is 18.7 Å². The number of amides is 1. The highest BCUT2D eigenvalue weighted by Gasteiger charge is 2.11. The minimum atomic E-state index is 0.0981. The largest absolute Gasteiger partial charge is 0.354 e. The van der Waals surface area contributed by atoms with E-state index in [1.165, 1.54) is 11.1 Å². The predicted molar refractivity (Wildman–Crippen MR) is 64.0 cm³/mol. The van der Waals surface area contributed by atoms with Gasteiger partial charge in [0.25, 0.3) is 0 Å². The van der Waals surface area contributed by atoms with Crippen molar-refractivity contribution in [3.05, 3.63) is 34.9 Å². The molecule has 1 aromatic rings. The third kappa shape index (κ3) is 2.61. The lowest BCUT2D eigenvalue weighted by molar-refractivity contribution is -0.120. The lowest BCUT2D eigenvalue weighted by Gasteiger charge is -2.09. The molecule has 0 spiro atoms. The second kappa shape index (κ2) is 4.66. The first-order chi connectivity index (χ1) is 7.65. The van der Waals surface area contributed by atoms with Crippen LogP contribution in [0, 0.1) is 0 Å². The van der Waals surface area contributed by atoms with Gasteiger partial charge in [0.15, 0.2) is 0 Å². The number of nitrogens with one attached hydrogen (secondary N) is 2. The zero-order valence-electron chi connectivity index (χ0n) is 9.84. The molecule has 0 fully saturated rings. The number of fused-ring (bicyclic) bond motifs is 1.